The highest BCUT2D eigenvalue weighted by atomic mass is 16.5. The van der Waals surface area contributed by atoms with Crippen molar-refractivity contribution in [3.8, 4) is 5.75 Å². The van der Waals surface area contributed by atoms with Gasteiger partial charge in [-0.05, 0) is 45.4 Å². The van der Waals surface area contributed by atoms with Crippen LogP contribution in [0.15, 0.2) is 24.3 Å². The lowest BCUT2D eigenvalue weighted by Crippen LogP contribution is -2.38. The number of benzene rings is 1. The van der Waals surface area contributed by atoms with Gasteiger partial charge in [0.05, 0.1) is 12.7 Å². The molecule has 0 radical (unpaired) electrons. The number of aliphatic hydroxyl groups is 1. The fourth-order valence-electron chi connectivity index (χ4n) is 1.50. The maximum Gasteiger partial charge on any atom is 0.119 e. The van der Waals surface area contributed by atoms with Crippen molar-refractivity contribution >= 4 is 0 Å². The molecule has 0 bridgehead atoms. The number of hydrogen-bond donors (Lipinski definition) is 2. The fourth-order valence-corrected chi connectivity index (χ4v) is 1.50. The largest absolute Gasteiger partial charge is 0.494 e. The van der Waals surface area contributed by atoms with Crippen LogP contribution in [-0.2, 0) is 0 Å². The Morgan fingerprint density at radius 1 is 1.35 bits per heavy atom. The fraction of sp³-hybridized carbons (Fsp3) is 0.571. The molecule has 0 aliphatic heterocycles. The Morgan fingerprint density at radius 3 is 2.65 bits per heavy atom. The summed E-state index contributed by atoms with van der Waals surface area (Å²) in [7, 11) is 0. The second kappa shape index (κ2) is 6.03. The second-order valence-electron chi connectivity index (χ2n) is 5.15. The molecule has 0 heterocycles. The van der Waals surface area contributed by atoms with E-state index in [-0.39, 0.29) is 5.54 Å². The van der Waals surface area contributed by atoms with Crippen LogP contribution in [0.5, 0.6) is 5.75 Å². The number of rotatable bonds is 5. The highest BCUT2D eigenvalue weighted by Gasteiger charge is 2.13. The number of β-amino-alcohol motifs (C(OH)–C–C–N with tert-alkyl or cyclic N) is 1. The van der Waals surface area contributed by atoms with Gasteiger partial charge in [-0.25, -0.2) is 0 Å². The Hall–Kier alpha value is -1.06. The van der Waals surface area contributed by atoms with E-state index in [1.165, 1.54) is 0 Å². The first-order valence-corrected chi connectivity index (χ1v) is 6.08. The molecule has 0 saturated heterocycles. The van der Waals surface area contributed by atoms with Crippen molar-refractivity contribution in [2.24, 2.45) is 0 Å². The SMILES string of the molecule is CCOc1cccc(C(O)CNC(C)(C)C)c1. The van der Waals surface area contributed by atoms with Crippen molar-refractivity contribution < 1.29 is 9.84 Å². The van der Waals surface area contributed by atoms with Crippen molar-refractivity contribution in [2.45, 2.75) is 39.3 Å². The molecule has 1 aromatic rings. The van der Waals surface area contributed by atoms with E-state index in [1.54, 1.807) is 0 Å². The summed E-state index contributed by atoms with van der Waals surface area (Å²) >= 11 is 0. The van der Waals surface area contributed by atoms with Crippen LogP contribution in [0, 0.1) is 0 Å². The van der Waals surface area contributed by atoms with Gasteiger partial charge in [0.15, 0.2) is 0 Å². The van der Waals surface area contributed by atoms with Gasteiger partial charge in [0.25, 0.3) is 0 Å². The summed E-state index contributed by atoms with van der Waals surface area (Å²) in [5, 5.41) is 13.3. The summed E-state index contributed by atoms with van der Waals surface area (Å²) in [5.74, 6) is 0.805. The minimum Gasteiger partial charge on any atom is -0.494 e. The van der Waals surface area contributed by atoms with Gasteiger partial charge in [0.1, 0.15) is 5.75 Å². The van der Waals surface area contributed by atoms with Gasteiger partial charge >= 0.3 is 0 Å². The molecular formula is C14H23NO2. The minimum atomic E-state index is -0.505. The third-order valence-electron chi connectivity index (χ3n) is 2.38. The molecule has 0 spiro atoms. The predicted octanol–water partition coefficient (Wildman–Crippen LogP) is 2.51. The van der Waals surface area contributed by atoms with Crippen LogP contribution < -0.4 is 10.1 Å². The molecule has 3 nitrogen and oxygen atoms in total. The first kappa shape index (κ1) is 14.0. The molecule has 0 aliphatic rings. The van der Waals surface area contributed by atoms with Crippen LogP contribution in [0.3, 0.4) is 0 Å². The molecule has 1 atom stereocenters. The van der Waals surface area contributed by atoms with Crippen LogP contribution in [0.1, 0.15) is 39.4 Å². The summed E-state index contributed by atoms with van der Waals surface area (Å²) in [5.41, 5.74) is 0.895. The van der Waals surface area contributed by atoms with Crippen molar-refractivity contribution in [1.29, 1.82) is 0 Å². The van der Waals surface area contributed by atoms with E-state index in [2.05, 4.69) is 26.1 Å². The number of ether oxygens (including phenoxy) is 1. The highest BCUT2D eigenvalue weighted by Crippen LogP contribution is 2.19. The Kier molecular flexibility index (Phi) is 4.97. The molecule has 0 aromatic heterocycles. The first-order valence-electron chi connectivity index (χ1n) is 6.08. The van der Waals surface area contributed by atoms with E-state index < -0.39 is 6.10 Å². The first-order chi connectivity index (χ1) is 7.92. The topological polar surface area (TPSA) is 41.5 Å². The normalized spacial score (nSPS) is 13.5. The third kappa shape index (κ3) is 5.20. The van der Waals surface area contributed by atoms with Gasteiger partial charge < -0.3 is 15.2 Å². The smallest absolute Gasteiger partial charge is 0.119 e. The molecule has 96 valence electrons. The lowest BCUT2D eigenvalue weighted by Gasteiger charge is -2.23. The molecule has 1 aromatic carbocycles. The van der Waals surface area contributed by atoms with Gasteiger partial charge in [-0.15, -0.1) is 0 Å². The summed E-state index contributed by atoms with van der Waals surface area (Å²) in [6, 6.07) is 7.60. The Labute approximate surface area is 104 Å². The lowest BCUT2D eigenvalue weighted by molar-refractivity contribution is 0.163. The predicted molar refractivity (Wildman–Crippen MR) is 70.3 cm³/mol. The van der Waals surface area contributed by atoms with E-state index in [0.717, 1.165) is 11.3 Å². The zero-order valence-electron chi connectivity index (χ0n) is 11.2. The summed E-state index contributed by atoms with van der Waals surface area (Å²) in [6.45, 7) is 9.37. The van der Waals surface area contributed by atoms with Crippen molar-refractivity contribution in [1.82, 2.24) is 5.32 Å². The van der Waals surface area contributed by atoms with Gasteiger partial charge in [-0.2, -0.15) is 0 Å². The van der Waals surface area contributed by atoms with Crippen molar-refractivity contribution in [3.05, 3.63) is 29.8 Å². The molecule has 1 unspecified atom stereocenters. The molecule has 1 rings (SSSR count). The molecule has 3 heteroatoms. The number of nitrogens with one attached hydrogen (secondary N) is 1. The van der Waals surface area contributed by atoms with Crippen molar-refractivity contribution in [3.63, 3.8) is 0 Å². The molecule has 17 heavy (non-hydrogen) atoms. The van der Waals surface area contributed by atoms with Gasteiger partial charge in [-0.1, -0.05) is 12.1 Å². The summed E-state index contributed by atoms with van der Waals surface area (Å²) in [6.07, 6.45) is -0.505. The molecule has 0 saturated carbocycles. The van der Waals surface area contributed by atoms with Crippen LogP contribution >= 0.6 is 0 Å². The van der Waals surface area contributed by atoms with E-state index in [4.69, 9.17) is 4.74 Å². The quantitative estimate of drug-likeness (QED) is 0.826. The summed E-state index contributed by atoms with van der Waals surface area (Å²) < 4.78 is 5.41. The van der Waals surface area contributed by atoms with E-state index in [9.17, 15) is 5.11 Å². The maximum atomic E-state index is 10.1. The zero-order valence-corrected chi connectivity index (χ0v) is 11.2. The second-order valence-corrected chi connectivity index (χ2v) is 5.15. The molecule has 0 fully saturated rings. The Bertz CT molecular complexity index is 344. The van der Waals surface area contributed by atoms with Crippen LogP contribution in [-0.4, -0.2) is 23.8 Å². The zero-order chi connectivity index (χ0) is 12.9. The molecule has 2 N–H and O–H groups in total. The van der Waals surface area contributed by atoms with Crippen LogP contribution in [0.2, 0.25) is 0 Å². The third-order valence-corrected chi connectivity index (χ3v) is 2.38. The standard InChI is InChI=1S/C14H23NO2/c1-5-17-12-8-6-7-11(9-12)13(16)10-15-14(2,3)4/h6-9,13,15-16H,5,10H2,1-4H3. The monoisotopic (exact) mass is 237 g/mol. The van der Waals surface area contributed by atoms with Gasteiger partial charge in [0.2, 0.25) is 0 Å². The van der Waals surface area contributed by atoms with Crippen LogP contribution in [0.4, 0.5) is 0 Å². The molecular weight excluding hydrogens is 214 g/mol. The number of aliphatic hydroxyl groups excluding tert-OH is 1. The number of hydrogen-bond acceptors (Lipinski definition) is 3. The summed E-state index contributed by atoms with van der Waals surface area (Å²) in [4.78, 5) is 0. The van der Waals surface area contributed by atoms with Gasteiger partial charge in [0, 0.05) is 12.1 Å². The van der Waals surface area contributed by atoms with E-state index in [0.29, 0.717) is 13.2 Å². The van der Waals surface area contributed by atoms with Crippen molar-refractivity contribution in [2.75, 3.05) is 13.2 Å². The Balaban J connectivity index is 2.62. The molecule has 0 amide bonds. The highest BCUT2D eigenvalue weighted by molar-refractivity contribution is 5.30. The van der Waals surface area contributed by atoms with Gasteiger partial charge in [-0.3, -0.25) is 0 Å². The average Bonchev–Trinajstić information content (AvgIpc) is 2.26. The molecule has 0 aliphatic carbocycles. The van der Waals surface area contributed by atoms with E-state index in [1.807, 2.05) is 31.2 Å². The van der Waals surface area contributed by atoms with E-state index >= 15 is 0 Å². The Morgan fingerprint density at radius 2 is 2.06 bits per heavy atom. The average molecular weight is 237 g/mol. The lowest BCUT2D eigenvalue weighted by atomic mass is 10.1. The maximum absolute atomic E-state index is 10.1. The minimum absolute atomic E-state index is 0.0124. The van der Waals surface area contributed by atoms with Crippen LogP contribution in [0.25, 0.3) is 0 Å².